The van der Waals surface area contributed by atoms with Crippen LogP contribution < -0.4 is 4.90 Å². The molecule has 2 amide bonds. The average molecular weight is 336 g/mol. The van der Waals surface area contributed by atoms with Crippen molar-refractivity contribution in [1.82, 2.24) is 4.98 Å². The van der Waals surface area contributed by atoms with Crippen LogP contribution in [0.3, 0.4) is 0 Å². The largest absolute Gasteiger partial charge is 0.274 e. The van der Waals surface area contributed by atoms with Crippen LogP contribution in [-0.4, -0.2) is 16.8 Å². The van der Waals surface area contributed by atoms with Gasteiger partial charge in [0.1, 0.15) is 0 Å². The summed E-state index contributed by atoms with van der Waals surface area (Å²) < 4.78 is 0.989. The number of aryl methyl sites for hydroxylation is 1. The number of fused-ring (bicyclic) bond motifs is 1. The van der Waals surface area contributed by atoms with Crippen molar-refractivity contribution in [2.45, 2.75) is 19.8 Å². The number of nitrogens with zero attached hydrogens (tertiary/aromatic N) is 2. The zero-order valence-electron chi connectivity index (χ0n) is 13.2. The fourth-order valence-corrected chi connectivity index (χ4v) is 4.04. The third kappa shape index (κ3) is 2.61. The lowest BCUT2D eigenvalue weighted by molar-refractivity contribution is -0.122. The molecule has 2 heterocycles. The van der Waals surface area contributed by atoms with E-state index in [2.05, 4.69) is 4.98 Å². The first-order chi connectivity index (χ1) is 11.6. The Kier molecular flexibility index (Phi) is 3.65. The molecular formula is C19H16N2O2S. The van der Waals surface area contributed by atoms with Gasteiger partial charge in [0, 0.05) is 6.42 Å². The van der Waals surface area contributed by atoms with E-state index in [4.69, 9.17) is 0 Å². The van der Waals surface area contributed by atoms with E-state index >= 15 is 0 Å². The Bertz CT molecular complexity index is 933. The summed E-state index contributed by atoms with van der Waals surface area (Å²) in [4.78, 5) is 30.9. The molecule has 0 aliphatic carbocycles. The number of rotatable bonds is 3. The summed E-state index contributed by atoms with van der Waals surface area (Å²) in [5, 5.41) is 0.487. The molecular weight excluding hydrogens is 320 g/mol. The van der Waals surface area contributed by atoms with Crippen molar-refractivity contribution < 1.29 is 9.59 Å². The number of thiazole rings is 1. The molecule has 1 saturated heterocycles. The molecule has 5 heteroatoms. The number of benzene rings is 2. The van der Waals surface area contributed by atoms with Crippen molar-refractivity contribution in [2.24, 2.45) is 5.92 Å². The number of carbonyl (C=O) groups excluding carboxylic acids is 2. The highest BCUT2D eigenvalue weighted by Gasteiger charge is 2.40. The fourth-order valence-electron chi connectivity index (χ4n) is 3.07. The van der Waals surface area contributed by atoms with E-state index in [-0.39, 0.29) is 24.2 Å². The van der Waals surface area contributed by atoms with Gasteiger partial charge in [0.2, 0.25) is 11.8 Å². The number of anilines is 1. The van der Waals surface area contributed by atoms with Crippen LogP contribution in [-0.2, 0) is 16.0 Å². The molecule has 0 N–H and O–H groups in total. The highest BCUT2D eigenvalue weighted by molar-refractivity contribution is 7.22. The molecule has 4 rings (SSSR count). The standard InChI is InChI=1S/C19H16N2O2S/c1-12-7-8-16-15(9-12)20-19(24-16)21-17(22)11-14(18(21)23)10-13-5-3-2-4-6-13/h2-9,14H,10-11H2,1H3. The van der Waals surface area contributed by atoms with Crippen LogP contribution in [0.4, 0.5) is 5.13 Å². The molecule has 1 unspecified atom stereocenters. The van der Waals surface area contributed by atoms with Gasteiger partial charge in [-0.1, -0.05) is 47.7 Å². The van der Waals surface area contributed by atoms with Crippen LogP contribution in [0.5, 0.6) is 0 Å². The van der Waals surface area contributed by atoms with Gasteiger partial charge in [0.25, 0.3) is 0 Å². The van der Waals surface area contributed by atoms with Crippen LogP contribution in [0.2, 0.25) is 0 Å². The van der Waals surface area contributed by atoms with Crippen LogP contribution >= 0.6 is 11.3 Å². The normalized spacial score (nSPS) is 17.9. The predicted molar refractivity (Wildman–Crippen MR) is 95.1 cm³/mol. The second kappa shape index (κ2) is 5.83. The summed E-state index contributed by atoms with van der Waals surface area (Å²) in [6.45, 7) is 2.00. The lowest BCUT2D eigenvalue weighted by Gasteiger charge is -2.11. The molecule has 24 heavy (non-hydrogen) atoms. The predicted octanol–water partition coefficient (Wildman–Crippen LogP) is 3.73. The van der Waals surface area contributed by atoms with E-state index in [1.807, 2.05) is 55.5 Å². The summed E-state index contributed by atoms with van der Waals surface area (Å²) in [6.07, 6.45) is 0.842. The van der Waals surface area contributed by atoms with Crippen molar-refractivity contribution in [2.75, 3.05) is 4.90 Å². The maximum atomic E-state index is 12.7. The van der Waals surface area contributed by atoms with Crippen molar-refractivity contribution in [3.8, 4) is 0 Å². The summed E-state index contributed by atoms with van der Waals surface area (Å²) >= 11 is 1.39. The Morgan fingerprint density at radius 2 is 1.96 bits per heavy atom. The molecule has 4 nitrogen and oxygen atoms in total. The first-order valence-electron chi connectivity index (χ1n) is 7.90. The van der Waals surface area contributed by atoms with Crippen molar-refractivity contribution in [3.63, 3.8) is 0 Å². The molecule has 1 aliphatic heterocycles. The summed E-state index contributed by atoms with van der Waals surface area (Å²) in [7, 11) is 0. The van der Waals surface area contributed by atoms with E-state index in [0.29, 0.717) is 11.6 Å². The second-order valence-electron chi connectivity index (χ2n) is 6.13. The number of imide groups is 1. The van der Waals surface area contributed by atoms with E-state index in [9.17, 15) is 9.59 Å². The molecule has 1 aromatic heterocycles. The van der Waals surface area contributed by atoms with Crippen molar-refractivity contribution in [3.05, 3.63) is 59.7 Å². The Morgan fingerprint density at radius 3 is 2.75 bits per heavy atom. The molecule has 0 bridgehead atoms. The van der Waals surface area contributed by atoms with Gasteiger partial charge in [-0.25, -0.2) is 9.88 Å². The summed E-state index contributed by atoms with van der Waals surface area (Å²) in [5.74, 6) is -0.593. The van der Waals surface area contributed by atoms with Crippen LogP contribution in [0.1, 0.15) is 17.5 Å². The van der Waals surface area contributed by atoms with E-state index in [1.165, 1.54) is 16.2 Å². The smallest absolute Gasteiger partial charge is 0.239 e. The molecule has 1 fully saturated rings. The topological polar surface area (TPSA) is 50.3 Å². The second-order valence-corrected chi connectivity index (χ2v) is 7.13. The quantitative estimate of drug-likeness (QED) is 0.685. The Morgan fingerprint density at radius 1 is 1.17 bits per heavy atom. The minimum absolute atomic E-state index is 0.139. The van der Waals surface area contributed by atoms with Gasteiger partial charge < -0.3 is 0 Å². The lowest BCUT2D eigenvalue weighted by Crippen LogP contribution is -2.30. The maximum Gasteiger partial charge on any atom is 0.239 e. The number of amides is 2. The Balaban J connectivity index is 1.63. The number of aromatic nitrogens is 1. The van der Waals surface area contributed by atoms with Crippen LogP contribution in [0.25, 0.3) is 10.2 Å². The van der Waals surface area contributed by atoms with Gasteiger partial charge in [-0.3, -0.25) is 9.59 Å². The first-order valence-corrected chi connectivity index (χ1v) is 8.71. The van der Waals surface area contributed by atoms with Crippen molar-refractivity contribution in [1.29, 1.82) is 0 Å². The van der Waals surface area contributed by atoms with Gasteiger partial charge in [0.05, 0.1) is 16.1 Å². The molecule has 1 atom stereocenters. The van der Waals surface area contributed by atoms with Gasteiger partial charge >= 0.3 is 0 Å². The number of hydrogen-bond donors (Lipinski definition) is 0. The van der Waals surface area contributed by atoms with Crippen LogP contribution in [0.15, 0.2) is 48.5 Å². The average Bonchev–Trinajstić information content (AvgIpc) is 3.08. The van der Waals surface area contributed by atoms with Gasteiger partial charge in [-0.05, 0) is 36.6 Å². The van der Waals surface area contributed by atoms with E-state index in [1.54, 1.807) is 0 Å². The highest BCUT2D eigenvalue weighted by Crippen LogP contribution is 2.34. The van der Waals surface area contributed by atoms with Gasteiger partial charge in [-0.2, -0.15) is 0 Å². The molecule has 2 aromatic carbocycles. The van der Waals surface area contributed by atoms with E-state index < -0.39 is 0 Å². The van der Waals surface area contributed by atoms with Crippen molar-refractivity contribution >= 4 is 38.5 Å². The number of hydrogen-bond acceptors (Lipinski definition) is 4. The third-order valence-electron chi connectivity index (χ3n) is 4.29. The van der Waals surface area contributed by atoms with Crippen LogP contribution in [0, 0.1) is 12.8 Å². The maximum absolute atomic E-state index is 12.7. The Hall–Kier alpha value is -2.53. The lowest BCUT2D eigenvalue weighted by atomic mass is 9.98. The zero-order chi connectivity index (χ0) is 16.7. The highest BCUT2D eigenvalue weighted by atomic mass is 32.1. The minimum atomic E-state index is -0.298. The third-order valence-corrected chi connectivity index (χ3v) is 5.31. The molecule has 0 saturated carbocycles. The van der Waals surface area contributed by atoms with E-state index in [0.717, 1.165) is 21.3 Å². The number of carbonyl (C=O) groups is 2. The Labute approximate surface area is 143 Å². The molecule has 0 radical (unpaired) electrons. The first kappa shape index (κ1) is 15.0. The fraction of sp³-hybridized carbons (Fsp3) is 0.211. The monoisotopic (exact) mass is 336 g/mol. The van der Waals surface area contributed by atoms with Gasteiger partial charge in [-0.15, -0.1) is 0 Å². The molecule has 3 aromatic rings. The SMILES string of the molecule is Cc1ccc2sc(N3C(=O)CC(Cc4ccccc4)C3=O)nc2c1. The molecule has 0 spiro atoms. The van der Waals surface area contributed by atoms with Gasteiger partial charge in [0.15, 0.2) is 5.13 Å². The summed E-state index contributed by atoms with van der Waals surface area (Å²) in [5.41, 5.74) is 3.02. The molecule has 120 valence electrons. The zero-order valence-corrected chi connectivity index (χ0v) is 14.0. The minimum Gasteiger partial charge on any atom is -0.274 e. The summed E-state index contributed by atoms with van der Waals surface area (Å²) in [6, 6.07) is 15.8. The molecule has 1 aliphatic rings.